The van der Waals surface area contributed by atoms with Gasteiger partial charge in [0.1, 0.15) is 5.60 Å². The van der Waals surface area contributed by atoms with Crippen molar-refractivity contribution in [1.82, 2.24) is 5.32 Å². The number of carbonyl (C=O) groups is 2. The number of hydrogen-bond acceptors (Lipinski definition) is 6. The minimum atomic E-state index is -4.64. The molecule has 1 amide bonds. The van der Waals surface area contributed by atoms with Gasteiger partial charge in [-0.2, -0.15) is 13.2 Å². The Balaban J connectivity index is 0.000000722. The van der Waals surface area contributed by atoms with Gasteiger partial charge in [0, 0.05) is 20.3 Å². The predicted molar refractivity (Wildman–Crippen MR) is 167 cm³/mol. The fraction of sp³-hybridized carbons (Fsp3) is 0.517. The fourth-order valence-corrected chi connectivity index (χ4v) is 3.89. The Labute approximate surface area is 271 Å². The molecule has 0 fully saturated rings. The lowest BCUT2D eigenvalue weighted by atomic mass is 10.1. The second kappa shape index (κ2) is 21.0. The number of halogens is 7. The van der Waals surface area contributed by atoms with E-state index in [2.05, 4.69) is 5.32 Å². The maximum Gasteiger partial charge on any atom is 0.446 e. The largest absolute Gasteiger partial charge is 0.446 e. The molecule has 0 aliphatic rings. The molecule has 0 saturated heterocycles. The summed E-state index contributed by atoms with van der Waals surface area (Å²) in [5, 5.41) is 5.07. The van der Waals surface area contributed by atoms with Crippen molar-refractivity contribution in [2.45, 2.75) is 70.3 Å². The molecular formula is C29H39Cl4F3N2O5. The quantitative estimate of drug-likeness (QED) is 0.231. The van der Waals surface area contributed by atoms with E-state index >= 15 is 0 Å². The average molecular weight is 694 g/mol. The number of nitrogens with two attached hydrogens (primary N) is 1. The van der Waals surface area contributed by atoms with Gasteiger partial charge in [-0.25, -0.2) is 4.79 Å². The number of rotatable bonds is 11. The van der Waals surface area contributed by atoms with Gasteiger partial charge in [0.2, 0.25) is 6.29 Å². The van der Waals surface area contributed by atoms with Crippen molar-refractivity contribution in [2.24, 2.45) is 5.73 Å². The second-order valence-electron chi connectivity index (χ2n) is 10.2. The highest BCUT2D eigenvalue weighted by Gasteiger charge is 2.25. The zero-order valence-electron chi connectivity index (χ0n) is 24.7. The highest BCUT2D eigenvalue weighted by Crippen LogP contribution is 2.24. The van der Waals surface area contributed by atoms with E-state index in [-0.39, 0.29) is 12.1 Å². The van der Waals surface area contributed by atoms with Crippen LogP contribution < -0.4 is 11.1 Å². The van der Waals surface area contributed by atoms with E-state index < -0.39 is 24.2 Å². The summed E-state index contributed by atoms with van der Waals surface area (Å²) in [4.78, 5) is 20.5. The van der Waals surface area contributed by atoms with Gasteiger partial charge in [0.15, 0.2) is 0 Å². The highest BCUT2D eigenvalue weighted by molar-refractivity contribution is 6.42. The van der Waals surface area contributed by atoms with Crippen molar-refractivity contribution in [2.75, 3.05) is 27.4 Å². The summed E-state index contributed by atoms with van der Waals surface area (Å²) in [6.07, 6.45) is -2.91. The van der Waals surface area contributed by atoms with Crippen molar-refractivity contribution in [1.29, 1.82) is 0 Å². The zero-order chi connectivity index (χ0) is 33.2. The third-order valence-electron chi connectivity index (χ3n) is 5.16. The van der Waals surface area contributed by atoms with Crippen molar-refractivity contribution in [3.05, 3.63) is 67.6 Å². The molecule has 14 heteroatoms. The lowest BCUT2D eigenvalue weighted by Gasteiger charge is -2.23. The molecule has 7 nitrogen and oxygen atoms in total. The molecule has 0 saturated carbocycles. The normalized spacial score (nSPS) is 12.6. The van der Waals surface area contributed by atoms with Crippen LogP contribution in [-0.4, -0.2) is 63.7 Å². The first-order valence-corrected chi connectivity index (χ1v) is 14.6. The number of ether oxygens (including phenoxy) is 3. The number of alkyl carbamates (subject to hydrolysis) is 1. The Morgan fingerprint density at radius 3 is 1.67 bits per heavy atom. The fourth-order valence-electron chi connectivity index (χ4n) is 3.25. The number of hydrogen-bond donors (Lipinski definition) is 2. The first-order valence-electron chi connectivity index (χ1n) is 13.0. The second-order valence-corrected chi connectivity index (χ2v) is 11.9. The molecule has 2 aromatic carbocycles. The van der Waals surface area contributed by atoms with Gasteiger partial charge in [0.05, 0.1) is 39.3 Å². The Bertz CT molecular complexity index is 1120. The van der Waals surface area contributed by atoms with Crippen LogP contribution in [0.3, 0.4) is 0 Å². The monoisotopic (exact) mass is 692 g/mol. The third-order valence-corrected chi connectivity index (χ3v) is 6.63. The highest BCUT2D eigenvalue weighted by atomic mass is 35.5. The molecule has 3 N–H and O–H groups in total. The van der Waals surface area contributed by atoms with Crippen LogP contribution in [0.15, 0.2) is 36.4 Å². The molecule has 0 heterocycles. The van der Waals surface area contributed by atoms with Gasteiger partial charge in [-0.05, 0) is 81.8 Å². The summed E-state index contributed by atoms with van der Waals surface area (Å²) in [7, 11) is 3.25. The molecule has 0 aliphatic carbocycles. The van der Waals surface area contributed by atoms with Crippen LogP contribution in [0.1, 0.15) is 44.7 Å². The van der Waals surface area contributed by atoms with Crippen molar-refractivity contribution >= 4 is 58.8 Å². The summed E-state index contributed by atoms with van der Waals surface area (Å²) in [5.74, 6) is 0. The Hall–Kier alpha value is -1.79. The van der Waals surface area contributed by atoms with E-state index in [0.29, 0.717) is 39.7 Å². The summed E-state index contributed by atoms with van der Waals surface area (Å²) >= 11 is 23.6. The minimum absolute atomic E-state index is 0.0736. The van der Waals surface area contributed by atoms with E-state index in [1.165, 1.54) is 0 Å². The van der Waals surface area contributed by atoms with E-state index in [1.54, 1.807) is 26.4 Å². The number of amides is 1. The molecule has 0 bridgehead atoms. The summed E-state index contributed by atoms with van der Waals surface area (Å²) < 4.78 is 46.6. The molecule has 0 aliphatic heterocycles. The number of methoxy groups -OCH3 is 2. The number of alkyl halides is 3. The van der Waals surface area contributed by atoms with Crippen LogP contribution in [0, 0.1) is 0 Å². The topological polar surface area (TPSA) is 99.9 Å². The maximum absolute atomic E-state index is 11.8. The van der Waals surface area contributed by atoms with Crippen LogP contribution in [0.4, 0.5) is 18.0 Å². The first kappa shape index (κ1) is 41.2. The van der Waals surface area contributed by atoms with E-state index in [1.807, 2.05) is 45.0 Å². The SMILES string of the molecule is COC[C@@H](N)CCc1ccc(Cl)c(Cl)c1.COC[C@H](CCc1ccc(Cl)c(Cl)c1)NC(=O)OC(C)(C)C.O=CC(F)(F)F. The van der Waals surface area contributed by atoms with Gasteiger partial charge in [-0.3, -0.25) is 4.79 Å². The van der Waals surface area contributed by atoms with E-state index in [0.717, 1.165) is 30.4 Å². The van der Waals surface area contributed by atoms with Crippen LogP contribution in [0.2, 0.25) is 20.1 Å². The van der Waals surface area contributed by atoms with E-state index in [4.69, 9.17) is 71.1 Å². The number of aldehydes is 1. The average Bonchev–Trinajstić information content (AvgIpc) is 2.89. The van der Waals surface area contributed by atoms with Crippen LogP contribution in [-0.2, 0) is 31.8 Å². The molecule has 2 aromatic rings. The number of nitrogens with one attached hydrogen (secondary N) is 1. The molecular weight excluding hydrogens is 655 g/mol. The van der Waals surface area contributed by atoms with Crippen LogP contribution >= 0.6 is 46.4 Å². The lowest BCUT2D eigenvalue weighted by Crippen LogP contribution is -2.41. The van der Waals surface area contributed by atoms with E-state index in [9.17, 15) is 18.0 Å². The Kier molecular flexibility index (Phi) is 20.2. The van der Waals surface area contributed by atoms with Crippen LogP contribution in [0.25, 0.3) is 0 Å². The molecule has 2 atom stereocenters. The number of benzene rings is 2. The molecule has 0 radical (unpaired) electrons. The molecule has 244 valence electrons. The molecule has 0 unspecified atom stereocenters. The maximum atomic E-state index is 11.8. The summed E-state index contributed by atoms with van der Waals surface area (Å²) in [6, 6.07) is 11.1. The Morgan fingerprint density at radius 2 is 1.30 bits per heavy atom. The number of aryl methyl sites for hydroxylation is 2. The molecule has 0 spiro atoms. The summed E-state index contributed by atoms with van der Waals surface area (Å²) in [5.41, 5.74) is 7.50. The predicted octanol–water partition coefficient (Wildman–Crippen LogP) is 8.11. The van der Waals surface area contributed by atoms with Crippen LogP contribution in [0.5, 0.6) is 0 Å². The van der Waals surface area contributed by atoms with Gasteiger partial charge >= 0.3 is 12.3 Å². The standard InChI is InChI=1S/C16H23Cl2NO3.C11H15Cl2NO.C2HF3O/c1-16(2,3)22-15(20)19-12(10-21-4)7-5-11-6-8-13(17)14(18)9-11;1-15-7-9(14)4-2-8-3-5-10(12)11(13)6-8;3-2(4,5)1-6/h6,8-9,12H,5,7,10H2,1-4H3,(H,19,20);3,5-6,9H,2,4,7,14H2,1H3;1H/t12-;9-;/m00./s1. The number of carbonyl (C=O) groups excluding carboxylic acids is 2. The van der Waals surface area contributed by atoms with Crippen molar-refractivity contribution in [3.8, 4) is 0 Å². The van der Waals surface area contributed by atoms with Crippen molar-refractivity contribution < 1.29 is 37.0 Å². The van der Waals surface area contributed by atoms with Gasteiger partial charge in [-0.15, -0.1) is 0 Å². The van der Waals surface area contributed by atoms with Gasteiger partial charge in [0.25, 0.3) is 0 Å². The molecule has 43 heavy (non-hydrogen) atoms. The zero-order valence-corrected chi connectivity index (χ0v) is 27.7. The third kappa shape index (κ3) is 21.5. The molecule has 2 rings (SSSR count). The van der Waals surface area contributed by atoms with Crippen molar-refractivity contribution in [3.63, 3.8) is 0 Å². The first-order chi connectivity index (χ1) is 19.9. The van der Waals surface area contributed by atoms with Gasteiger partial charge in [-0.1, -0.05) is 58.5 Å². The molecule has 0 aromatic heterocycles. The lowest BCUT2D eigenvalue weighted by molar-refractivity contribution is -0.156. The smallest absolute Gasteiger partial charge is 0.444 e. The summed E-state index contributed by atoms with van der Waals surface area (Å²) in [6.45, 7) is 6.48. The Morgan fingerprint density at radius 1 is 0.860 bits per heavy atom. The van der Waals surface area contributed by atoms with Gasteiger partial charge < -0.3 is 25.3 Å². The minimum Gasteiger partial charge on any atom is -0.444 e.